The normalized spacial score (nSPS) is 13.0. The number of rotatable bonds is 7. The number of thioether (sulfide) groups is 1. The van der Waals surface area contributed by atoms with Crippen molar-refractivity contribution >= 4 is 11.8 Å². The van der Waals surface area contributed by atoms with Crippen molar-refractivity contribution in [1.82, 2.24) is 5.43 Å². The lowest BCUT2D eigenvalue weighted by Gasteiger charge is -2.17. The number of benzene rings is 1. The number of nitrogens with two attached hydrogens (primary N) is 1. The summed E-state index contributed by atoms with van der Waals surface area (Å²) in [5, 5.41) is 0. The van der Waals surface area contributed by atoms with E-state index in [1.165, 1.54) is 22.4 Å². The molecule has 1 aromatic carbocycles. The second-order valence-electron chi connectivity index (χ2n) is 5.49. The van der Waals surface area contributed by atoms with Crippen molar-refractivity contribution in [2.24, 2.45) is 11.8 Å². The first-order valence-electron chi connectivity index (χ1n) is 6.62. The van der Waals surface area contributed by atoms with E-state index >= 15 is 0 Å². The summed E-state index contributed by atoms with van der Waals surface area (Å²) in [6.07, 6.45) is 1.00. The molecule has 0 saturated carbocycles. The fraction of sp³-hybridized carbons (Fsp3) is 0.600. The molecular weight excluding hydrogens is 240 g/mol. The zero-order valence-electron chi connectivity index (χ0n) is 12.0. The highest BCUT2D eigenvalue weighted by molar-refractivity contribution is 7.99. The van der Waals surface area contributed by atoms with Crippen LogP contribution in [0.15, 0.2) is 18.2 Å². The van der Waals surface area contributed by atoms with Gasteiger partial charge < -0.3 is 0 Å². The Morgan fingerprint density at radius 3 is 2.22 bits per heavy atom. The monoisotopic (exact) mass is 266 g/mol. The Bertz CT molecular complexity index is 343. The van der Waals surface area contributed by atoms with E-state index in [0.29, 0.717) is 6.04 Å². The Morgan fingerprint density at radius 1 is 1.11 bits per heavy atom. The van der Waals surface area contributed by atoms with Gasteiger partial charge in [0.25, 0.3) is 0 Å². The van der Waals surface area contributed by atoms with Gasteiger partial charge in [0.15, 0.2) is 0 Å². The average molecular weight is 266 g/mol. The van der Waals surface area contributed by atoms with E-state index in [2.05, 4.69) is 51.3 Å². The van der Waals surface area contributed by atoms with Crippen molar-refractivity contribution < 1.29 is 0 Å². The maximum Gasteiger partial charge on any atom is 0.0341 e. The molecule has 2 nitrogen and oxygen atoms in total. The molecule has 0 fully saturated rings. The molecule has 1 unspecified atom stereocenters. The highest BCUT2D eigenvalue weighted by atomic mass is 32.2. The van der Waals surface area contributed by atoms with Gasteiger partial charge in [0.1, 0.15) is 0 Å². The average Bonchev–Trinajstić information content (AvgIpc) is 2.25. The standard InChI is InChI=1S/C15H26N2S/c1-11(2)9-18-10-15(17-16)8-14-6-12(3)5-13(4)7-14/h5-7,11,15,17H,8-10,16H2,1-4H3. The lowest BCUT2D eigenvalue weighted by molar-refractivity contribution is 0.574. The molecule has 0 spiro atoms. The smallest absolute Gasteiger partial charge is 0.0341 e. The van der Waals surface area contributed by atoms with Crippen LogP contribution in [0.4, 0.5) is 0 Å². The van der Waals surface area contributed by atoms with Gasteiger partial charge in [-0.15, -0.1) is 0 Å². The highest BCUT2D eigenvalue weighted by Crippen LogP contribution is 2.14. The van der Waals surface area contributed by atoms with Crippen LogP contribution in [0.5, 0.6) is 0 Å². The fourth-order valence-corrected chi connectivity index (χ4v) is 3.19. The van der Waals surface area contributed by atoms with Crippen LogP contribution in [-0.4, -0.2) is 17.5 Å². The van der Waals surface area contributed by atoms with Gasteiger partial charge in [-0.05, 0) is 37.5 Å². The lowest BCUT2D eigenvalue weighted by atomic mass is 10.0. The van der Waals surface area contributed by atoms with Gasteiger partial charge in [-0.1, -0.05) is 43.2 Å². The van der Waals surface area contributed by atoms with Crippen molar-refractivity contribution in [1.29, 1.82) is 0 Å². The first-order chi connectivity index (χ1) is 8.51. The first kappa shape index (κ1) is 15.5. The van der Waals surface area contributed by atoms with Crippen molar-refractivity contribution in [3.8, 4) is 0 Å². The highest BCUT2D eigenvalue weighted by Gasteiger charge is 2.09. The second-order valence-corrected chi connectivity index (χ2v) is 6.57. The second kappa shape index (κ2) is 7.82. The van der Waals surface area contributed by atoms with Crippen LogP contribution in [0.1, 0.15) is 30.5 Å². The molecule has 0 bridgehead atoms. The van der Waals surface area contributed by atoms with Gasteiger partial charge in [0.2, 0.25) is 0 Å². The van der Waals surface area contributed by atoms with Crippen LogP contribution in [0, 0.1) is 19.8 Å². The zero-order valence-corrected chi connectivity index (χ0v) is 12.8. The summed E-state index contributed by atoms with van der Waals surface area (Å²) in [5.74, 6) is 8.67. The minimum absolute atomic E-state index is 0.356. The molecule has 0 aliphatic rings. The molecule has 0 aliphatic heterocycles. The van der Waals surface area contributed by atoms with Crippen molar-refractivity contribution in [3.05, 3.63) is 34.9 Å². The SMILES string of the molecule is Cc1cc(C)cc(CC(CSCC(C)C)NN)c1. The molecule has 0 aliphatic carbocycles. The predicted octanol–water partition coefficient (Wildman–Crippen LogP) is 3.07. The maximum absolute atomic E-state index is 5.65. The fourth-order valence-electron chi connectivity index (χ4n) is 2.08. The molecule has 0 saturated heterocycles. The molecule has 0 heterocycles. The summed E-state index contributed by atoms with van der Waals surface area (Å²) in [6, 6.07) is 7.08. The molecule has 3 heteroatoms. The van der Waals surface area contributed by atoms with Gasteiger partial charge >= 0.3 is 0 Å². The van der Waals surface area contributed by atoms with Crippen molar-refractivity contribution in [2.75, 3.05) is 11.5 Å². The number of hydrazine groups is 1. The van der Waals surface area contributed by atoms with Crippen LogP contribution < -0.4 is 11.3 Å². The van der Waals surface area contributed by atoms with Crippen molar-refractivity contribution in [2.45, 2.75) is 40.2 Å². The first-order valence-corrected chi connectivity index (χ1v) is 7.77. The van der Waals surface area contributed by atoms with E-state index in [0.717, 1.165) is 18.1 Å². The third-order valence-electron chi connectivity index (χ3n) is 2.77. The Morgan fingerprint density at radius 2 is 1.72 bits per heavy atom. The van der Waals surface area contributed by atoms with E-state index in [4.69, 9.17) is 5.84 Å². The maximum atomic E-state index is 5.65. The number of hydrogen-bond donors (Lipinski definition) is 2. The third kappa shape index (κ3) is 5.89. The van der Waals surface area contributed by atoms with Gasteiger partial charge in [0, 0.05) is 11.8 Å². The van der Waals surface area contributed by atoms with E-state index in [-0.39, 0.29) is 0 Å². The Hall–Kier alpha value is -0.510. The Labute approximate surface area is 116 Å². The minimum atomic E-state index is 0.356. The summed E-state index contributed by atoms with van der Waals surface area (Å²) < 4.78 is 0. The molecule has 1 rings (SSSR count). The molecule has 102 valence electrons. The summed E-state index contributed by atoms with van der Waals surface area (Å²) in [6.45, 7) is 8.80. The van der Waals surface area contributed by atoms with Crippen LogP contribution in [-0.2, 0) is 6.42 Å². The number of hydrogen-bond acceptors (Lipinski definition) is 3. The van der Waals surface area contributed by atoms with Crippen LogP contribution in [0.25, 0.3) is 0 Å². The quantitative estimate of drug-likeness (QED) is 0.588. The van der Waals surface area contributed by atoms with Gasteiger partial charge in [-0.2, -0.15) is 11.8 Å². The molecule has 18 heavy (non-hydrogen) atoms. The molecule has 3 N–H and O–H groups in total. The third-order valence-corrected chi connectivity index (χ3v) is 4.31. The van der Waals surface area contributed by atoms with E-state index in [9.17, 15) is 0 Å². The minimum Gasteiger partial charge on any atom is -0.271 e. The Balaban J connectivity index is 2.51. The number of aryl methyl sites for hydroxylation is 2. The van der Waals surface area contributed by atoms with E-state index in [1.54, 1.807) is 0 Å². The lowest BCUT2D eigenvalue weighted by Crippen LogP contribution is -2.38. The van der Waals surface area contributed by atoms with Crippen LogP contribution in [0.2, 0.25) is 0 Å². The topological polar surface area (TPSA) is 38.0 Å². The molecule has 1 atom stereocenters. The summed E-state index contributed by atoms with van der Waals surface area (Å²) in [5.41, 5.74) is 6.98. The molecular formula is C15H26N2S. The van der Waals surface area contributed by atoms with Gasteiger partial charge in [-0.3, -0.25) is 11.3 Å². The van der Waals surface area contributed by atoms with Crippen molar-refractivity contribution in [3.63, 3.8) is 0 Å². The molecule has 0 radical (unpaired) electrons. The Kier molecular flexibility index (Phi) is 6.76. The van der Waals surface area contributed by atoms with E-state index in [1.807, 2.05) is 11.8 Å². The zero-order chi connectivity index (χ0) is 13.5. The van der Waals surface area contributed by atoms with Crippen LogP contribution in [0.3, 0.4) is 0 Å². The summed E-state index contributed by atoms with van der Waals surface area (Å²) in [7, 11) is 0. The van der Waals surface area contributed by atoms with E-state index < -0.39 is 0 Å². The van der Waals surface area contributed by atoms with Crippen LogP contribution >= 0.6 is 11.8 Å². The molecule has 1 aromatic rings. The van der Waals surface area contributed by atoms with Gasteiger partial charge in [0.05, 0.1) is 0 Å². The summed E-state index contributed by atoms with van der Waals surface area (Å²) in [4.78, 5) is 0. The predicted molar refractivity (Wildman–Crippen MR) is 82.9 cm³/mol. The largest absolute Gasteiger partial charge is 0.271 e. The van der Waals surface area contributed by atoms with Gasteiger partial charge in [-0.25, -0.2) is 0 Å². The number of nitrogens with one attached hydrogen (secondary N) is 1. The summed E-state index contributed by atoms with van der Waals surface area (Å²) >= 11 is 1.98. The molecule has 0 amide bonds. The molecule has 0 aromatic heterocycles.